The molecular weight excluding hydrogens is 412 g/mol. The van der Waals surface area contributed by atoms with Crippen molar-refractivity contribution < 1.29 is 14.5 Å². The summed E-state index contributed by atoms with van der Waals surface area (Å²) in [6.07, 6.45) is 4.80. The van der Waals surface area contributed by atoms with Crippen molar-refractivity contribution in [2.45, 2.75) is 28.9 Å². The summed E-state index contributed by atoms with van der Waals surface area (Å²) in [5.41, 5.74) is 0.486. The largest absolute Gasteiger partial charge is 0.466 e. The van der Waals surface area contributed by atoms with Gasteiger partial charge in [-0.15, -0.1) is 21.5 Å². The number of benzene rings is 1. The lowest BCUT2D eigenvalue weighted by molar-refractivity contribution is -0.387. The summed E-state index contributed by atoms with van der Waals surface area (Å²) in [6.45, 7) is 0. The summed E-state index contributed by atoms with van der Waals surface area (Å²) in [5, 5.41) is 22.9. The topological polar surface area (TPSA) is 100 Å². The van der Waals surface area contributed by atoms with Crippen LogP contribution in [0.15, 0.2) is 51.8 Å². The number of aromatic nitrogens is 3. The minimum absolute atomic E-state index is 0.0509. The summed E-state index contributed by atoms with van der Waals surface area (Å²) >= 11 is 2.82. The van der Waals surface area contributed by atoms with Crippen LogP contribution < -0.4 is 0 Å². The lowest BCUT2D eigenvalue weighted by atomic mass is 10.2. The Labute approximate surface area is 174 Å². The number of hydrogen-bond donors (Lipinski definition) is 0. The van der Waals surface area contributed by atoms with Gasteiger partial charge in [0.15, 0.2) is 11.0 Å². The SMILES string of the molecule is COC(=O)C=Cc1ccc(Sc2nnc(-c3cccs3)n2C2CC2)c([N+](=O)[O-])c1. The van der Waals surface area contributed by atoms with Gasteiger partial charge < -0.3 is 4.74 Å². The van der Waals surface area contributed by atoms with Crippen LogP contribution in [-0.4, -0.2) is 32.8 Å². The molecule has 0 bridgehead atoms. The average molecular weight is 428 g/mol. The quantitative estimate of drug-likeness (QED) is 0.235. The van der Waals surface area contributed by atoms with Crippen LogP contribution in [0.4, 0.5) is 5.69 Å². The number of carbonyl (C=O) groups is 1. The smallest absolute Gasteiger partial charge is 0.330 e. The monoisotopic (exact) mass is 428 g/mol. The van der Waals surface area contributed by atoms with Crippen LogP contribution in [0.1, 0.15) is 24.4 Å². The van der Waals surface area contributed by atoms with Gasteiger partial charge in [-0.3, -0.25) is 14.7 Å². The van der Waals surface area contributed by atoms with Crippen LogP contribution in [0.2, 0.25) is 0 Å². The highest BCUT2D eigenvalue weighted by atomic mass is 32.2. The van der Waals surface area contributed by atoms with Gasteiger partial charge in [0, 0.05) is 18.2 Å². The van der Waals surface area contributed by atoms with Crippen molar-refractivity contribution in [3.8, 4) is 10.7 Å². The molecule has 1 saturated carbocycles. The Kier molecular flexibility index (Phi) is 5.45. The molecule has 1 fully saturated rings. The molecule has 10 heteroatoms. The zero-order valence-electron chi connectivity index (χ0n) is 15.3. The Hall–Kier alpha value is -2.98. The number of nitrogens with zero attached hydrogens (tertiary/aromatic N) is 4. The maximum atomic E-state index is 11.6. The molecule has 2 heterocycles. The third-order valence-electron chi connectivity index (χ3n) is 4.31. The van der Waals surface area contributed by atoms with Crippen molar-refractivity contribution in [2.24, 2.45) is 0 Å². The zero-order chi connectivity index (χ0) is 20.4. The Morgan fingerprint density at radius 3 is 2.86 bits per heavy atom. The van der Waals surface area contributed by atoms with Gasteiger partial charge in [-0.2, -0.15) is 0 Å². The van der Waals surface area contributed by atoms with Crippen molar-refractivity contribution in [2.75, 3.05) is 7.11 Å². The van der Waals surface area contributed by atoms with Gasteiger partial charge in [0.25, 0.3) is 5.69 Å². The molecule has 1 aromatic carbocycles. The second-order valence-corrected chi connectivity index (χ2v) is 8.28. The van der Waals surface area contributed by atoms with Gasteiger partial charge in [-0.1, -0.05) is 12.1 Å². The molecular formula is C19H16N4O4S2. The summed E-state index contributed by atoms with van der Waals surface area (Å²) in [6, 6.07) is 9.09. The van der Waals surface area contributed by atoms with E-state index in [0.717, 1.165) is 23.5 Å². The first kappa shape index (κ1) is 19.3. The summed E-state index contributed by atoms with van der Waals surface area (Å²) in [5.74, 6) is 0.273. The maximum absolute atomic E-state index is 11.6. The standard InChI is InChI=1S/C19H16N4O4S2/c1-27-17(24)9-5-12-4-8-15(14(11-12)23(25)26)29-19-21-20-18(16-3-2-10-28-16)22(19)13-6-7-13/h2-5,8-11,13H,6-7H2,1H3. The second kappa shape index (κ2) is 8.18. The predicted octanol–water partition coefficient (Wildman–Crippen LogP) is 4.59. The van der Waals surface area contributed by atoms with Gasteiger partial charge >= 0.3 is 5.97 Å². The number of carbonyl (C=O) groups excluding carboxylic acids is 1. The van der Waals surface area contributed by atoms with E-state index < -0.39 is 10.9 Å². The third-order valence-corrected chi connectivity index (χ3v) is 6.20. The van der Waals surface area contributed by atoms with Crippen molar-refractivity contribution in [3.05, 3.63) is 57.5 Å². The second-order valence-electron chi connectivity index (χ2n) is 6.33. The van der Waals surface area contributed by atoms with Crippen molar-refractivity contribution in [1.29, 1.82) is 0 Å². The van der Waals surface area contributed by atoms with Gasteiger partial charge in [0.2, 0.25) is 0 Å². The number of methoxy groups -OCH3 is 1. The van der Waals surface area contributed by atoms with E-state index in [1.807, 2.05) is 17.5 Å². The lowest BCUT2D eigenvalue weighted by Gasteiger charge is -2.08. The molecule has 2 aromatic heterocycles. The molecule has 3 aromatic rings. The molecule has 4 rings (SSSR count). The first-order chi connectivity index (χ1) is 14.1. The molecule has 0 spiro atoms. The van der Waals surface area contributed by atoms with Gasteiger partial charge in [0.05, 0.1) is 21.8 Å². The molecule has 0 atom stereocenters. The van der Waals surface area contributed by atoms with Gasteiger partial charge in [0.1, 0.15) is 0 Å². The van der Waals surface area contributed by atoms with E-state index in [4.69, 9.17) is 0 Å². The Bertz CT molecular complexity index is 1090. The molecule has 0 unspecified atom stereocenters. The molecule has 1 aliphatic rings. The molecule has 8 nitrogen and oxygen atoms in total. The zero-order valence-corrected chi connectivity index (χ0v) is 17.0. The minimum Gasteiger partial charge on any atom is -0.466 e. The normalized spacial score (nSPS) is 13.7. The number of hydrogen-bond acceptors (Lipinski definition) is 8. The number of rotatable bonds is 7. The highest BCUT2D eigenvalue weighted by molar-refractivity contribution is 7.99. The van der Waals surface area contributed by atoms with Crippen LogP contribution in [0.5, 0.6) is 0 Å². The third kappa shape index (κ3) is 4.22. The van der Waals surface area contributed by atoms with Gasteiger partial charge in [-0.25, -0.2) is 4.79 Å². The number of esters is 1. The fraction of sp³-hybridized carbons (Fsp3) is 0.211. The lowest BCUT2D eigenvalue weighted by Crippen LogP contribution is -1.99. The van der Waals surface area contributed by atoms with E-state index in [9.17, 15) is 14.9 Å². The van der Waals surface area contributed by atoms with Gasteiger partial charge in [-0.05, 0) is 53.8 Å². The Morgan fingerprint density at radius 1 is 1.38 bits per heavy atom. The molecule has 0 amide bonds. The van der Waals surface area contributed by atoms with E-state index in [0.29, 0.717) is 21.7 Å². The molecule has 0 saturated heterocycles. The Balaban J connectivity index is 1.67. The van der Waals surface area contributed by atoms with Crippen molar-refractivity contribution in [1.82, 2.24) is 14.8 Å². The molecule has 0 N–H and O–H groups in total. The molecule has 1 aliphatic carbocycles. The fourth-order valence-electron chi connectivity index (χ4n) is 2.78. The van der Waals surface area contributed by atoms with Crippen molar-refractivity contribution >= 4 is 40.8 Å². The highest BCUT2D eigenvalue weighted by Crippen LogP contribution is 2.44. The fourth-order valence-corrected chi connectivity index (χ4v) is 4.47. The first-order valence-corrected chi connectivity index (χ1v) is 10.5. The van der Waals surface area contributed by atoms with Crippen LogP contribution in [-0.2, 0) is 9.53 Å². The highest BCUT2D eigenvalue weighted by Gasteiger charge is 2.31. The first-order valence-electron chi connectivity index (χ1n) is 8.78. The average Bonchev–Trinajstić information content (AvgIpc) is 3.24. The van der Waals surface area contributed by atoms with Crippen LogP contribution in [0.3, 0.4) is 0 Å². The Morgan fingerprint density at radius 2 is 2.21 bits per heavy atom. The van der Waals surface area contributed by atoms with Crippen LogP contribution in [0.25, 0.3) is 16.8 Å². The van der Waals surface area contributed by atoms with Crippen molar-refractivity contribution in [3.63, 3.8) is 0 Å². The van der Waals surface area contributed by atoms with Crippen LogP contribution in [0, 0.1) is 10.1 Å². The minimum atomic E-state index is -0.523. The molecule has 0 radical (unpaired) electrons. The number of nitro groups is 1. The van der Waals surface area contributed by atoms with E-state index in [2.05, 4.69) is 19.5 Å². The van der Waals surface area contributed by atoms with E-state index in [-0.39, 0.29) is 5.69 Å². The number of nitro benzene ring substituents is 1. The van der Waals surface area contributed by atoms with E-state index >= 15 is 0 Å². The molecule has 29 heavy (non-hydrogen) atoms. The summed E-state index contributed by atoms with van der Waals surface area (Å²) in [7, 11) is 1.27. The predicted molar refractivity (Wildman–Crippen MR) is 110 cm³/mol. The maximum Gasteiger partial charge on any atom is 0.330 e. The summed E-state index contributed by atoms with van der Waals surface area (Å²) < 4.78 is 6.62. The van der Waals surface area contributed by atoms with E-state index in [1.54, 1.807) is 23.5 Å². The molecule has 148 valence electrons. The number of thiophene rings is 1. The summed E-state index contributed by atoms with van der Waals surface area (Å²) in [4.78, 5) is 23.9. The van der Waals surface area contributed by atoms with E-state index in [1.165, 1.54) is 37.1 Å². The van der Waals surface area contributed by atoms with Crippen LogP contribution >= 0.6 is 23.1 Å². The molecule has 0 aliphatic heterocycles. The number of ether oxygens (including phenoxy) is 1.